The van der Waals surface area contributed by atoms with Crippen LogP contribution in [0.5, 0.6) is 0 Å². The highest BCUT2D eigenvalue weighted by Gasteiger charge is 2.29. The molecule has 0 saturated carbocycles. The van der Waals surface area contributed by atoms with E-state index in [0.29, 0.717) is 6.04 Å². The van der Waals surface area contributed by atoms with Crippen molar-refractivity contribution >= 4 is 0 Å². The number of aromatic nitrogens is 2. The van der Waals surface area contributed by atoms with Gasteiger partial charge in [0.25, 0.3) is 0 Å². The Morgan fingerprint density at radius 1 is 1.22 bits per heavy atom. The number of piperidine rings is 1. The summed E-state index contributed by atoms with van der Waals surface area (Å²) in [5.41, 5.74) is 5.12. The molecular weight excluding hydrogens is 284 g/mol. The molecule has 2 aliphatic heterocycles. The summed E-state index contributed by atoms with van der Waals surface area (Å²) >= 11 is 0. The molecule has 2 aromatic rings. The number of nitrogens with zero attached hydrogens (tertiary/aromatic N) is 3. The van der Waals surface area contributed by atoms with E-state index in [2.05, 4.69) is 57.3 Å². The second-order valence-electron chi connectivity index (χ2n) is 6.81. The maximum absolute atomic E-state index is 4.62. The van der Waals surface area contributed by atoms with Crippen molar-refractivity contribution in [1.82, 2.24) is 20.0 Å². The zero-order valence-corrected chi connectivity index (χ0v) is 14.0. The summed E-state index contributed by atoms with van der Waals surface area (Å²) < 4.78 is 0. The number of likely N-dealkylation sites (N-methyl/N-ethyl adjacent to an activating group) is 1. The molecule has 2 aliphatic rings. The van der Waals surface area contributed by atoms with Crippen LogP contribution in [0.4, 0.5) is 0 Å². The Hall–Kier alpha value is -1.65. The van der Waals surface area contributed by atoms with Crippen LogP contribution in [-0.4, -0.2) is 52.2 Å². The van der Waals surface area contributed by atoms with Crippen molar-refractivity contribution in [3.05, 3.63) is 41.6 Å². The molecule has 4 heteroatoms. The first kappa shape index (κ1) is 14.9. The normalized spacial score (nSPS) is 22.9. The average Bonchev–Trinajstić information content (AvgIpc) is 3.05. The van der Waals surface area contributed by atoms with Crippen molar-refractivity contribution < 1.29 is 0 Å². The molecule has 1 N–H and O–H groups in total. The molecule has 0 spiro atoms. The Kier molecular flexibility index (Phi) is 4.19. The minimum Gasteiger partial charge on any atom is -0.302 e. The van der Waals surface area contributed by atoms with Gasteiger partial charge < -0.3 is 4.90 Å². The van der Waals surface area contributed by atoms with Gasteiger partial charge in [0, 0.05) is 48.9 Å². The van der Waals surface area contributed by atoms with Crippen molar-refractivity contribution in [3.8, 4) is 11.3 Å². The maximum atomic E-state index is 4.62. The van der Waals surface area contributed by atoms with Gasteiger partial charge in [-0.05, 0) is 25.9 Å². The van der Waals surface area contributed by atoms with E-state index in [1.54, 1.807) is 0 Å². The molecule has 4 rings (SSSR count). The number of rotatable bonds is 3. The van der Waals surface area contributed by atoms with E-state index in [9.17, 15) is 0 Å². The molecule has 4 nitrogen and oxygen atoms in total. The first-order chi connectivity index (χ1) is 11.3. The van der Waals surface area contributed by atoms with Crippen LogP contribution in [0.15, 0.2) is 30.3 Å². The van der Waals surface area contributed by atoms with Crippen molar-refractivity contribution in [2.45, 2.75) is 38.8 Å². The van der Waals surface area contributed by atoms with Crippen molar-refractivity contribution in [2.75, 3.05) is 26.2 Å². The molecule has 3 heterocycles. The SMILES string of the molecule is CCN1CCCC(N2CCc3[nH]nc(-c4ccccc4)c3C2)C1. The van der Waals surface area contributed by atoms with Crippen LogP contribution in [0, 0.1) is 0 Å². The number of hydrogen-bond acceptors (Lipinski definition) is 3. The predicted octanol–water partition coefficient (Wildman–Crippen LogP) is 2.92. The third-order valence-corrected chi connectivity index (χ3v) is 5.45. The van der Waals surface area contributed by atoms with Crippen molar-refractivity contribution in [3.63, 3.8) is 0 Å². The molecule has 0 radical (unpaired) electrons. The minimum absolute atomic E-state index is 0.704. The van der Waals surface area contributed by atoms with Crippen LogP contribution in [0.3, 0.4) is 0 Å². The molecule has 1 saturated heterocycles. The highest BCUT2D eigenvalue weighted by atomic mass is 15.2. The van der Waals surface area contributed by atoms with Crippen LogP contribution in [0.25, 0.3) is 11.3 Å². The molecular formula is C19H26N4. The highest BCUT2D eigenvalue weighted by molar-refractivity contribution is 5.64. The van der Waals surface area contributed by atoms with E-state index in [0.717, 1.165) is 25.2 Å². The van der Waals surface area contributed by atoms with Gasteiger partial charge in [-0.25, -0.2) is 0 Å². The number of benzene rings is 1. The Morgan fingerprint density at radius 3 is 2.91 bits per heavy atom. The van der Waals surface area contributed by atoms with Gasteiger partial charge in [0.2, 0.25) is 0 Å². The van der Waals surface area contributed by atoms with Gasteiger partial charge in [-0.3, -0.25) is 10.00 Å². The monoisotopic (exact) mass is 310 g/mol. The molecule has 0 aliphatic carbocycles. The summed E-state index contributed by atoms with van der Waals surface area (Å²) in [6, 6.07) is 11.3. The number of hydrogen-bond donors (Lipinski definition) is 1. The lowest BCUT2D eigenvalue weighted by atomic mass is 9.97. The fourth-order valence-electron chi connectivity index (χ4n) is 4.08. The summed E-state index contributed by atoms with van der Waals surface area (Å²) in [6.45, 7) is 8.15. The quantitative estimate of drug-likeness (QED) is 0.947. The Bertz CT molecular complexity index is 649. The topological polar surface area (TPSA) is 35.2 Å². The summed E-state index contributed by atoms with van der Waals surface area (Å²) in [5.74, 6) is 0. The van der Waals surface area contributed by atoms with Gasteiger partial charge >= 0.3 is 0 Å². The van der Waals surface area contributed by atoms with E-state index >= 15 is 0 Å². The molecule has 0 amide bonds. The molecule has 1 aromatic carbocycles. The summed E-state index contributed by atoms with van der Waals surface area (Å²) in [4.78, 5) is 5.28. The number of fused-ring (bicyclic) bond motifs is 1. The van der Waals surface area contributed by atoms with Crippen molar-refractivity contribution in [1.29, 1.82) is 0 Å². The molecule has 1 atom stereocenters. The van der Waals surface area contributed by atoms with Crippen LogP contribution in [0.2, 0.25) is 0 Å². The third kappa shape index (κ3) is 2.93. The zero-order chi connectivity index (χ0) is 15.6. The summed E-state index contributed by atoms with van der Waals surface area (Å²) in [7, 11) is 0. The Morgan fingerprint density at radius 2 is 2.09 bits per heavy atom. The van der Waals surface area contributed by atoms with Crippen LogP contribution < -0.4 is 0 Å². The zero-order valence-electron chi connectivity index (χ0n) is 14.0. The summed E-state index contributed by atoms with van der Waals surface area (Å²) in [5, 5.41) is 7.90. The van der Waals surface area contributed by atoms with Gasteiger partial charge in [-0.2, -0.15) is 5.10 Å². The number of H-pyrrole nitrogens is 1. The fourth-order valence-corrected chi connectivity index (χ4v) is 4.08. The second-order valence-corrected chi connectivity index (χ2v) is 6.81. The third-order valence-electron chi connectivity index (χ3n) is 5.45. The minimum atomic E-state index is 0.704. The molecule has 1 fully saturated rings. The van der Waals surface area contributed by atoms with E-state index in [4.69, 9.17) is 0 Å². The van der Waals surface area contributed by atoms with Crippen molar-refractivity contribution in [2.24, 2.45) is 0 Å². The van der Waals surface area contributed by atoms with E-state index < -0.39 is 0 Å². The van der Waals surface area contributed by atoms with Crippen LogP contribution >= 0.6 is 0 Å². The van der Waals surface area contributed by atoms with E-state index in [-0.39, 0.29) is 0 Å². The van der Waals surface area contributed by atoms with Crippen LogP contribution in [0.1, 0.15) is 31.0 Å². The maximum Gasteiger partial charge on any atom is 0.0968 e. The first-order valence-corrected chi connectivity index (χ1v) is 8.93. The van der Waals surface area contributed by atoms with Gasteiger partial charge in [-0.15, -0.1) is 0 Å². The molecule has 23 heavy (non-hydrogen) atoms. The van der Waals surface area contributed by atoms with Crippen LogP contribution in [-0.2, 0) is 13.0 Å². The van der Waals surface area contributed by atoms with Gasteiger partial charge in [0.1, 0.15) is 0 Å². The van der Waals surface area contributed by atoms with Gasteiger partial charge in [-0.1, -0.05) is 37.3 Å². The number of nitrogens with one attached hydrogen (secondary N) is 1. The molecule has 122 valence electrons. The smallest absolute Gasteiger partial charge is 0.0968 e. The summed E-state index contributed by atoms with van der Waals surface area (Å²) in [6.07, 6.45) is 3.76. The molecule has 0 bridgehead atoms. The van der Waals surface area contributed by atoms with E-state index in [1.807, 2.05) is 0 Å². The first-order valence-electron chi connectivity index (χ1n) is 8.93. The Balaban J connectivity index is 1.56. The van der Waals surface area contributed by atoms with E-state index in [1.165, 1.54) is 49.3 Å². The lowest BCUT2D eigenvalue weighted by molar-refractivity contribution is 0.0905. The second kappa shape index (κ2) is 6.46. The number of likely N-dealkylation sites (tertiary alicyclic amines) is 1. The fraction of sp³-hybridized carbons (Fsp3) is 0.526. The lowest BCUT2D eigenvalue weighted by Gasteiger charge is -2.40. The number of aromatic amines is 1. The largest absolute Gasteiger partial charge is 0.302 e. The average molecular weight is 310 g/mol. The van der Waals surface area contributed by atoms with Gasteiger partial charge in [0.15, 0.2) is 0 Å². The predicted molar refractivity (Wildman–Crippen MR) is 93.3 cm³/mol. The standard InChI is InChI=1S/C19H26N4/c1-2-22-11-6-9-16(13-22)23-12-10-18-17(14-23)19(21-20-18)15-7-4-3-5-8-15/h3-5,7-8,16H,2,6,9-14H2,1H3,(H,20,21). The molecule has 1 aromatic heterocycles. The lowest BCUT2D eigenvalue weighted by Crippen LogP contribution is -2.49. The highest BCUT2D eigenvalue weighted by Crippen LogP contribution is 2.30. The molecule has 1 unspecified atom stereocenters. The Labute approximate surface area is 138 Å². The van der Waals surface area contributed by atoms with Gasteiger partial charge in [0.05, 0.1) is 5.69 Å².